The molecule has 0 radical (unpaired) electrons. The van der Waals surface area contributed by atoms with Crippen LogP contribution >= 0.6 is 46.4 Å². The van der Waals surface area contributed by atoms with Crippen LogP contribution in [-0.4, -0.2) is 11.0 Å². The summed E-state index contributed by atoms with van der Waals surface area (Å²) in [6.07, 6.45) is 0. The largest absolute Gasteiger partial charge is 0.331 e. The van der Waals surface area contributed by atoms with Crippen LogP contribution in [0.3, 0.4) is 0 Å². The Bertz CT molecular complexity index is 663. The minimum Gasteiger partial charge on any atom is -0.331 e. The number of halogens is 2. The van der Waals surface area contributed by atoms with Crippen LogP contribution in [0.5, 0.6) is 0 Å². The highest BCUT2D eigenvalue weighted by Crippen LogP contribution is 2.20. The molecule has 102 valence electrons. The molecule has 1 amide bonds. The Hall–Kier alpha value is -1.18. The van der Waals surface area contributed by atoms with Crippen molar-refractivity contribution in [2.24, 2.45) is 0 Å². The topological polar surface area (TPSA) is 41.1 Å². The summed E-state index contributed by atoms with van der Waals surface area (Å²) in [6, 6.07) is 14.4. The van der Waals surface area contributed by atoms with Gasteiger partial charge in [0.25, 0.3) is 5.91 Å². The molecule has 0 atom stereocenters. The molecule has 0 aromatic heterocycles. The number of hydrogen-bond donors (Lipinski definition) is 2. The number of benzene rings is 2. The Morgan fingerprint density at radius 1 is 1.15 bits per heavy atom. The van der Waals surface area contributed by atoms with Crippen LogP contribution in [0.25, 0.3) is 0 Å². The minimum absolute atomic E-state index is 0.210. The van der Waals surface area contributed by atoms with Gasteiger partial charge in [-0.25, -0.2) is 0 Å². The van der Waals surface area contributed by atoms with Crippen LogP contribution < -0.4 is 10.6 Å². The molecule has 0 heterocycles. The first-order chi connectivity index (χ1) is 9.56. The highest BCUT2D eigenvalue weighted by molar-refractivity contribution is 14.1. The number of hydrogen-bond acceptors (Lipinski definition) is 2. The number of nitrogens with one attached hydrogen (secondary N) is 2. The summed E-state index contributed by atoms with van der Waals surface area (Å²) >= 11 is 13.3. The van der Waals surface area contributed by atoms with E-state index in [1.807, 2.05) is 24.3 Å². The Morgan fingerprint density at radius 3 is 2.60 bits per heavy atom. The smallest absolute Gasteiger partial charge is 0.257 e. The van der Waals surface area contributed by atoms with Gasteiger partial charge in [-0.1, -0.05) is 29.8 Å². The zero-order valence-electron chi connectivity index (χ0n) is 10.2. The van der Waals surface area contributed by atoms with Gasteiger partial charge in [0, 0.05) is 9.13 Å². The van der Waals surface area contributed by atoms with E-state index < -0.39 is 0 Å². The van der Waals surface area contributed by atoms with E-state index in [0.717, 1.165) is 3.57 Å². The van der Waals surface area contributed by atoms with E-state index in [0.29, 0.717) is 16.3 Å². The lowest BCUT2D eigenvalue weighted by Gasteiger charge is -2.10. The Morgan fingerprint density at radius 2 is 1.90 bits per heavy atom. The Kier molecular flexibility index (Phi) is 5.33. The molecule has 3 nitrogen and oxygen atoms in total. The second-order valence-electron chi connectivity index (χ2n) is 3.90. The van der Waals surface area contributed by atoms with Crippen LogP contribution in [-0.2, 0) is 0 Å². The van der Waals surface area contributed by atoms with Crippen molar-refractivity contribution in [1.82, 2.24) is 5.32 Å². The third-order valence-corrected chi connectivity index (χ3v) is 3.64. The Balaban J connectivity index is 2.02. The van der Waals surface area contributed by atoms with Gasteiger partial charge < -0.3 is 5.32 Å². The predicted octanol–water partition coefficient (Wildman–Crippen LogP) is 4.07. The molecule has 0 bridgehead atoms. The molecule has 2 aromatic rings. The first-order valence-electron chi connectivity index (χ1n) is 5.68. The number of anilines is 1. The molecule has 0 fully saturated rings. The number of amides is 1. The lowest BCUT2D eigenvalue weighted by atomic mass is 10.2. The van der Waals surface area contributed by atoms with Gasteiger partial charge in [0.2, 0.25) is 0 Å². The van der Waals surface area contributed by atoms with Crippen LogP contribution in [0.2, 0.25) is 5.02 Å². The number of carbonyl (C=O) groups is 1. The molecule has 0 aliphatic heterocycles. The van der Waals surface area contributed by atoms with Crippen molar-refractivity contribution in [3.8, 4) is 0 Å². The van der Waals surface area contributed by atoms with Crippen molar-refractivity contribution < 1.29 is 4.79 Å². The maximum absolute atomic E-state index is 12.0. The number of carbonyl (C=O) groups excluding carboxylic acids is 1. The molecule has 0 aliphatic rings. The van der Waals surface area contributed by atoms with Crippen LogP contribution in [0, 0.1) is 3.57 Å². The van der Waals surface area contributed by atoms with E-state index in [9.17, 15) is 4.79 Å². The maximum atomic E-state index is 12.0. The molecule has 20 heavy (non-hydrogen) atoms. The van der Waals surface area contributed by atoms with E-state index in [1.54, 1.807) is 24.3 Å². The molecule has 2 aromatic carbocycles. The molecule has 6 heteroatoms. The van der Waals surface area contributed by atoms with Crippen LogP contribution in [0.15, 0.2) is 48.5 Å². The predicted molar refractivity (Wildman–Crippen MR) is 94.3 cm³/mol. The second-order valence-corrected chi connectivity index (χ2v) is 5.96. The van der Waals surface area contributed by atoms with Gasteiger partial charge in [-0.3, -0.25) is 10.1 Å². The van der Waals surface area contributed by atoms with Gasteiger partial charge >= 0.3 is 0 Å². The fourth-order valence-electron chi connectivity index (χ4n) is 1.52. The summed E-state index contributed by atoms with van der Waals surface area (Å²) in [5, 5.41) is 6.26. The van der Waals surface area contributed by atoms with Crippen molar-refractivity contribution in [3.05, 3.63) is 62.7 Å². The molecule has 2 rings (SSSR count). The summed E-state index contributed by atoms with van der Waals surface area (Å²) in [7, 11) is 0. The van der Waals surface area contributed by atoms with Gasteiger partial charge in [-0.2, -0.15) is 0 Å². The number of rotatable bonds is 2. The molecular formula is C14H10ClIN2OS. The SMILES string of the molecule is O=C(NC(=S)Nc1ccccc1Cl)c1cccc(I)c1. The van der Waals surface area contributed by atoms with Crippen molar-refractivity contribution in [3.63, 3.8) is 0 Å². The molecule has 0 saturated heterocycles. The second kappa shape index (κ2) is 7.01. The summed E-state index contributed by atoms with van der Waals surface area (Å²) in [5.74, 6) is -0.256. The van der Waals surface area contributed by atoms with Gasteiger partial charge in [0.15, 0.2) is 5.11 Å². The number of para-hydroxylation sites is 1. The standard InChI is InChI=1S/C14H10ClIN2OS/c15-11-6-1-2-7-12(11)17-14(20)18-13(19)9-4-3-5-10(16)8-9/h1-8H,(H2,17,18,19,20). The van der Waals surface area contributed by atoms with Gasteiger partial charge in [-0.05, 0) is 65.1 Å². The summed E-state index contributed by atoms with van der Waals surface area (Å²) in [6.45, 7) is 0. The lowest BCUT2D eigenvalue weighted by molar-refractivity contribution is 0.0977. The van der Waals surface area contributed by atoms with Crippen LogP contribution in [0.4, 0.5) is 5.69 Å². The molecular weight excluding hydrogens is 407 g/mol. The minimum atomic E-state index is -0.256. The molecule has 0 saturated carbocycles. The van der Waals surface area contributed by atoms with E-state index in [1.165, 1.54) is 0 Å². The number of thiocarbonyl (C=S) groups is 1. The summed E-state index contributed by atoms with van der Waals surface area (Å²) in [5.41, 5.74) is 1.21. The van der Waals surface area contributed by atoms with Crippen LogP contribution in [0.1, 0.15) is 10.4 Å². The molecule has 0 spiro atoms. The van der Waals surface area contributed by atoms with Gasteiger partial charge in [0.05, 0.1) is 10.7 Å². The third kappa shape index (κ3) is 4.16. The average molecular weight is 417 g/mol. The molecule has 2 N–H and O–H groups in total. The van der Waals surface area contributed by atoms with E-state index >= 15 is 0 Å². The summed E-state index contributed by atoms with van der Waals surface area (Å²) in [4.78, 5) is 12.0. The summed E-state index contributed by atoms with van der Waals surface area (Å²) < 4.78 is 0.986. The average Bonchev–Trinajstić information content (AvgIpc) is 2.41. The van der Waals surface area contributed by atoms with Gasteiger partial charge in [-0.15, -0.1) is 0 Å². The van der Waals surface area contributed by atoms with Crippen molar-refractivity contribution in [2.45, 2.75) is 0 Å². The van der Waals surface area contributed by atoms with E-state index in [2.05, 4.69) is 33.2 Å². The first-order valence-corrected chi connectivity index (χ1v) is 7.55. The lowest BCUT2D eigenvalue weighted by Crippen LogP contribution is -2.34. The van der Waals surface area contributed by atoms with Crippen molar-refractivity contribution in [2.75, 3.05) is 5.32 Å². The highest BCUT2D eigenvalue weighted by Gasteiger charge is 2.09. The maximum Gasteiger partial charge on any atom is 0.257 e. The monoisotopic (exact) mass is 416 g/mol. The fourth-order valence-corrected chi connectivity index (χ4v) is 2.45. The molecule has 0 unspecified atom stereocenters. The fraction of sp³-hybridized carbons (Fsp3) is 0. The highest BCUT2D eigenvalue weighted by atomic mass is 127. The van der Waals surface area contributed by atoms with Crippen molar-refractivity contribution >= 4 is 63.1 Å². The Labute approximate surface area is 140 Å². The first kappa shape index (κ1) is 15.2. The zero-order chi connectivity index (χ0) is 14.5. The normalized spacial score (nSPS) is 9.90. The van der Waals surface area contributed by atoms with Crippen molar-refractivity contribution in [1.29, 1.82) is 0 Å². The quantitative estimate of drug-likeness (QED) is 0.573. The van der Waals surface area contributed by atoms with E-state index in [4.69, 9.17) is 23.8 Å². The van der Waals surface area contributed by atoms with E-state index in [-0.39, 0.29) is 11.0 Å². The zero-order valence-corrected chi connectivity index (χ0v) is 13.9. The third-order valence-electron chi connectivity index (χ3n) is 2.44. The van der Waals surface area contributed by atoms with Gasteiger partial charge in [0.1, 0.15) is 0 Å². The molecule has 0 aliphatic carbocycles.